The average molecular weight is 203 g/mol. The Morgan fingerprint density at radius 1 is 1.47 bits per heavy atom. The molecule has 0 fully saturated rings. The Morgan fingerprint density at radius 3 is 2.87 bits per heavy atom. The quantitative estimate of drug-likeness (QED) is 0.567. The molecular formula is C13H17NO. The van der Waals surface area contributed by atoms with Crippen LogP contribution in [0.5, 0.6) is 0 Å². The Balaban J connectivity index is 2.85. The summed E-state index contributed by atoms with van der Waals surface area (Å²) in [5.74, 6) is 0.150. The summed E-state index contributed by atoms with van der Waals surface area (Å²) >= 11 is 0. The second-order valence-corrected chi connectivity index (χ2v) is 3.43. The number of Topliss-reactive ketones (excluding diaryl/α,β-unsaturated/α-hetero) is 1. The van der Waals surface area contributed by atoms with Crippen LogP contribution in [0.25, 0.3) is 0 Å². The van der Waals surface area contributed by atoms with Crippen molar-refractivity contribution in [1.29, 1.82) is 0 Å². The summed E-state index contributed by atoms with van der Waals surface area (Å²) in [5, 5.41) is 3.08. The Morgan fingerprint density at radius 2 is 2.20 bits per heavy atom. The third-order valence-electron chi connectivity index (χ3n) is 2.29. The smallest absolute Gasteiger partial charge is 0.166 e. The van der Waals surface area contributed by atoms with Crippen molar-refractivity contribution in [2.24, 2.45) is 0 Å². The van der Waals surface area contributed by atoms with Crippen molar-refractivity contribution in [3.63, 3.8) is 0 Å². The van der Waals surface area contributed by atoms with Gasteiger partial charge in [0.2, 0.25) is 0 Å². The van der Waals surface area contributed by atoms with Gasteiger partial charge >= 0.3 is 0 Å². The van der Waals surface area contributed by atoms with Gasteiger partial charge < -0.3 is 5.32 Å². The van der Waals surface area contributed by atoms with Crippen LogP contribution >= 0.6 is 0 Å². The van der Waals surface area contributed by atoms with E-state index in [1.807, 2.05) is 31.3 Å². The van der Waals surface area contributed by atoms with Crippen molar-refractivity contribution in [3.8, 4) is 0 Å². The molecule has 0 atom stereocenters. The van der Waals surface area contributed by atoms with E-state index in [0.29, 0.717) is 6.42 Å². The molecule has 0 saturated heterocycles. The maximum atomic E-state index is 11.7. The molecule has 1 aromatic rings. The number of hydrogen-bond donors (Lipinski definition) is 1. The van der Waals surface area contributed by atoms with Crippen molar-refractivity contribution >= 4 is 5.78 Å². The average Bonchev–Trinajstić information content (AvgIpc) is 2.27. The maximum Gasteiger partial charge on any atom is 0.166 e. The lowest BCUT2D eigenvalue weighted by Crippen LogP contribution is -2.12. The molecule has 80 valence electrons. The Hall–Kier alpha value is -1.41. The van der Waals surface area contributed by atoms with E-state index in [0.717, 1.165) is 24.1 Å². The monoisotopic (exact) mass is 203 g/mol. The Labute approximate surface area is 91.0 Å². The van der Waals surface area contributed by atoms with E-state index in [9.17, 15) is 4.79 Å². The van der Waals surface area contributed by atoms with E-state index in [-0.39, 0.29) is 5.78 Å². The molecule has 0 unspecified atom stereocenters. The van der Waals surface area contributed by atoms with Crippen LogP contribution in [-0.2, 0) is 6.42 Å². The zero-order chi connectivity index (χ0) is 11.1. The number of rotatable bonds is 6. The van der Waals surface area contributed by atoms with Crippen molar-refractivity contribution in [2.75, 3.05) is 13.6 Å². The topological polar surface area (TPSA) is 29.1 Å². The standard InChI is InChI=1S/C13H17NO/c1-3-6-13(15)12-8-5-4-7-11(12)9-10-14-2/h3-5,7-8,14H,1,6,9-10H2,2H3. The van der Waals surface area contributed by atoms with Gasteiger partial charge in [0.1, 0.15) is 0 Å². The van der Waals surface area contributed by atoms with E-state index in [2.05, 4.69) is 11.9 Å². The molecule has 0 aromatic heterocycles. The Bertz CT molecular complexity index is 344. The summed E-state index contributed by atoms with van der Waals surface area (Å²) in [5.41, 5.74) is 1.94. The number of carbonyl (C=O) groups excluding carboxylic acids is 1. The van der Waals surface area contributed by atoms with Crippen LogP contribution in [0, 0.1) is 0 Å². The van der Waals surface area contributed by atoms with Crippen molar-refractivity contribution < 1.29 is 4.79 Å². The van der Waals surface area contributed by atoms with Gasteiger partial charge in [0.05, 0.1) is 0 Å². The number of ketones is 1. The van der Waals surface area contributed by atoms with Crippen LogP contribution in [-0.4, -0.2) is 19.4 Å². The fourth-order valence-electron chi connectivity index (χ4n) is 1.51. The molecule has 0 aliphatic heterocycles. The fraction of sp³-hybridized carbons (Fsp3) is 0.308. The van der Waals surface area contributed by atoms with Gasteiger partial charge in [-0.25, -0.2) is 0 Å². The van der Waals surface area contributed by atoms with E-state index in [4.69, 9.17) is 0 Å². The number of likely N-dealkylation sites (N-methyl/N-ethyl adjacent to an activating group) is 1. The Kier molecular flexibility index (Phi) is 4.78. The first-order valence-electron chi connectivity index (χ1n) is 5.16. The summed E-state index contributed by atoms with van der Waals surface area (Å²) in [7, 11) is 1.91. The molecule has 1 aromatic carbocycles. The number of allylic oxidation sites excluding steroid dienone is 1. The lowest BCUT2D eigenvalue weighted by molar-refractivity contribution is 0.0995. The van der Waals surface area contributed by atoms with Crippen molar-refractivity contribution in [1.82, 2.24) is 5.32 Å². The van der Waals surface area contributed by atoms with E-state index in [1.165, 1.54) is 0 Å². The lowest BCUT2D eigenvalue weighted by Gasteiger charge is -2.07. The summed E-state index contributed by atoms with van der Waals surface area (Å²) in [6, 6.07) is 7.76. The van der Waals surface area contributed by atoms with Gasteiger partial charge in [0.25, 0.3) is 0 Å². The molecule has 0 radical (unpaired) electrons. The van der Waals surface area contributed by atoms with Gasteiger partial charge in [-0.05, 0) is 25.6 Å². The molecule has 2 nitrogen and oxygen atoms in total. The molecular weight excluding hydrogens is 186 g/mol. The predicted octanol–water partition coefficient (Wildman–Crippen LogP) is 2.21. The first kappa shape index (κ1) is 11.7. The molecule has 0 heterocycles. The SMILES string of the molecule is C=CCC(=O)c1ccccc1CCNC. The van der Waals surface area contributed by atoms with Gasteiger partial charge in [0.15, 0.2) is 5.78 Å². The molecule has 0 aliphatic rings. The molecule has 2 heteroatoms. The molecule has 1 N–H and O–H groups in total. The summed E-state index contributed by atoms with van der Waals surface area (Å²) in [6.45, 7) is 4.47. The van der Waals surface area contributed by atoms with Gasteiger partial charge in [0, 0.05) is 12.0 Å². The van der Waals surface area contributed by atoms with Crippen molar-refractivity contribution in [2.45, 2.75) is 12.8 Å². The van der Waals surface area contributed by atoms with E-state index < -0.39 is 0 Å². The normalized spacial score (nSPS) is 9.93. The predicted molar refractivity (Wildman–Crippen MR) is 63.2 cm³/mol. The third kappa shape index (κ3) is 3.33. The minimum Gasteiger partial charge on any atom is -0.319 e. The summed E-state index contributed by atoms with van der Waals surface area (Å²) in [6.07, 6.45) is 2.95. The molecule has 0 amide bonds. The van der Waals surface area contributed by atoms with E-state index >= 15 is 0 Å². The molecule has 0 saturated carbocycles. The van der Waals surface area contributed by atoms with Crippen molar-refractivity contribution in [3.05, 3.63) is 48.0 Å². The lowest BCUT2D eigenvalue weighted by atomic mass is 9.99. The highest BCUT2D eigenvalue weighted by atomic mass is 16.1. The molecule has 15 heavy (non-hydrogen) atoms. The second kappa shape index (κ2) is 6.14. The molecule has 0 aliphatic carbocycles. The molecule has 0 spiro atoms. The molecule has 0 bridgehead atoms. The van der Waals surface area contributed by atoms with Gasteiger partial charge in [-0.2, -0.15) is 0 Å². The highest BCUT2D eigenvalue weighted by Gasteiger charge is 2.08. The van der Waals surface area contributed by atoms with Crippen LogP contribution in [0.4, 0.5) is 0 Å². The van der Waals surface area contributed by atoms with Crippen LogP contribution in [0.2, 0.25) is 0 Å². The second-order valence-electron chi connectivity index (χ2n) is 3.43. The van der Waals surface area contributed by atoms with Crippen LogP contribution < -0.4 is 5.32 Å². The summed E-state index contributed by atoms with van der Waals surface area (Å²) in [4.78, 5) is 11.7. The minimum absolute atomic E-state index is 0.150. The van der Waals surface area contributed by atoms with Crippen LogP contribution in [0.3, 0.4) is 0 Å². The third-order valence-corrected chi connectivity index (χ3v) is 2.29. The maximum absolute atomic E-state index is 11.7. The highest BCUT2D eigenvalue weighted by molar-refractivity contribution is 5.98. The zero-order valence-corrected chi connectivity index (χ0v) is 9.12. The van der Waals surface area contributed by atoms with E-state index in [1.54, 1.807) is 6.08 Å². The number of carbonyl (C=O) groups is 1. The van der Waals surface area contributed by atoms with Gasteiger partial charge in [-0.1, -0.05) is 30.3 Å². The minimum atomic E-state index is 0.150. The summed E-state index contributed by atoms with van der Waals surface area (Å²) < 4.78 is 0. The van der Waals surface area contributed by atoms with Crippen LogP contribution in [0.15, 0.2) is 36.9 Å². The largest absolute Gasteiger partial charge is 0.319 e. The van der Waals surface area contributed by atoms with Crippen LogP contribution in [0.1, 0.15) is 22.3 Å². The first-order chi connectivity index (χ1) is 7.29. The number of hydrogen-bond acceptors (Lipinski definition) is 2. The fourth-order valence-corrected chi connectivity index (χ4v) is 1.51. The molecule has 1 rings (SSSR count). The zero-order valence-electron chi connectivity index (χ0n) is 9.12. The first-order valence-corrected chi connectivity index (χ1v) is 5.16. The highest BCUT2D eigenvalue weighted by Crippen LogP contribution is 2.11. The van der Waals surface area contributed by atoms with Gasteiger partial charge in [-0.3, -0.25) is 4.79 Å². The van der Waals surface area contributed by atoms with Gasteiger partial charge in [-0.15, -0.1) is 6.58 Å². The number of nitrogens with one attached hydrogen (secondary N) is 1. The number of benzene rings is 1.